The largest absolute Gasteiger partial charge is 0.382 e. The number of rotatable bonds is 3. The average molecular weight is 264 g/mol. The van der Waals surface area contributed by atoms with E-state index in [4.69, 9.17) is 5.73 Å². The Labute approximate surface area is 108 Å². The molecule has 3 N–H and O–H groups in total. The first-order chi connectivity index (χ1) is 8.91. The van der Waals surface area contributed by atoms with Gasteiger partial charge in [-0.2, -0.15) is 5.10 Å². The smallest absolute Gasteiger partial charge is 0.281 e. The molecule has 0 unspecified atom stereocenters. The van der Waals surface area contributed by atoms with Crippen LogP contribution < -0.4 is 5.73 Å². The van der Waals surface area contributed by atoms with Crippen LogP contribution in [-0.2, 0) is 0 Å². The van der Waals surface area contributed by atoms with Crippen molar-refractivity contribution >= 4 is 11.5 Å². The van der Waals surface area contributed by atoms with Gasteiger partial charge in [0, 0.05) is 5.56 Å². The lowest BCUT2D eigenvalue weighted by Gasteiger charge is -2.08. The summed E-state index contributed by atoms with van der Waals surface area (Å²) in [5.74, 6) is -0.323. The highest BCUT2D eigenvalue weighted by atomic mass is 19.1. The Morgan fingerprint density at radius 1 is 1.47 bits per heavy atom. The van der Waals surface area contributed by atoms with Crippen LogP contribution in [0.2, 0.25) is 0 Å². The molecule has 0 aliphatic carbocycles. The summed E-state index contributed by atoms with van der Waals surface area (Å²) in [4.78, 5) is 10.4. The second kappa shape index (κ2) is 4.68. The SMILES string of the molecule is CC(C)c1c(N)n[nH]c1-c1ccc(F)cc1[N+](=O)[O-]. The molecular formula is C12H13FN4O2. The summed E-state index contributed by atoms with van der Waals surface area (Å²) in [6, 6.07) is 3.41. The van der Waals surface area contributed by atoms with Crippen LogP contribution >= 0.6 is 0 Å². The van der Waals surface area contributed by atoms with Crippen molar-refractivity contribution in [1.82, 2.24) is 10.2 Å². The van der Waals surface area contributed by atoms with E-state index in [9.17, 15) is 14.5 Å². The van der Waals surface area contributed by atoms with Crippen LogP contribution in [-0.4, -0.2) is 15.1 Å². The van der Waals surface area contributed by atoms with E-state index in [0.717, 1.165) is 6.07 Å². The highest BCUT2D eigenvalue weighted by molar-refractivity contribution is 5.76. The third kappa shape index (κ3) is 2.26. The molecule has 0 aliphatic heterocycles. The Kier molecular flexibility index (Phi) is 3.20. The molecular weight excluding hydrogens is 251 g/mol. The molecule has 0 saturated heterocycles. The van der Waals surface area contributed by atoms with Gasteiger partial charge >= 0.3 is 0 Å². The third-order valence-electron chi connectivity index (χ3n) is 2.84. The Bertz CT molecular complexity index is 637. The summed E-state index contributed by atoms with van der Waals surface area (Å²) in [5, 5.41) is 17.6. The van der Waals surface area contributed by atoms with Crippen molar-refractivity contribution < 1.29 is 9.31 Å². The molecule has 0 bridgehead atoms. The van der Waals surface area contributed by atoms with Gasteiger partial charge in [0.1, 0.15) is 11.6 Å². The summed E-state index contributed by atoms with van der Waals surface area (Å²) in [5.41, 5.74) is 6.86. The Morgan fingerprint density at radius 3 is 2.74 bits per heavy atom. The second-order valence-electron chi connectivity index (χ2n) is 4.47. The highest BCUT2D eigenvalue weighted by Crippen LogP contribution is 2.36. The Hall–Kier alpha value is -2.44. The summed E-state index contributed by atoms with van der Waals surface area (Å²) >= 11 is 0. The van der Waals surface area contributed by atoms with Crippen LogP contribution in [0.5, 0.6) is 0 Å². The first kappa shape index (κ1) is 13.0. The van der Waals surface area contributed by atoms with Gasteiger partial charge in [-0.25, -0.2) is 4.39 Å². The number of nitrogens with zero attached hydrogens (tertiary/aromatic N) is 2. The molecule has 0 aliphatic rings. The fraction of sp³-hybridized carbons (Fsp3) is 0.250. The summed E-state index contributed by atoms with van der Waals surface area (Å²) in [6.45, 7) is 3.81. The monoisotopic (exact) mass is 264 g/mol. The van der Waals surface area contributed by atoms with Crippen molar-refractivity contribution in [2.24, 2.45) is 0 Å². The molecule has 2 rings (SSSR count). The summed E-state index contributed by atoms with van der Waals surface area (Å²) < 4.78 is 13.1. The van der Waals surface area contributed by atoms with Crippen molar-refractivity contribution in [3.8, 4) is 11.3 Å². The number of anilines is 1. The molecule has 0 amide bonds. The maximum Gasteiger partial charge on any atom is 0.281 e. The number of hydrogen-bond donors (Lipinski definition) is 2. The molecule has 2 aromatic rings. The molecule has 0 spiro atoms. The number of halogens is 1. The number of nitro groups is 1. The second-order valence-corrected chi connectivity index (χ2v) is 4.47. The number of H-pyrrole nitrogens is 1. The van der Waals surface area contributed by atoms with Gasteiger partial charge < -0.3 is 5.73 Å². The van der Waals surface area contributed by atoms with Gasteiger partial charge in [-0.1, -0.05) is 13.8 Å². The van der Waals surface area contributed by atoms with E-state index in [1.807, 2.05) is 13.8 Å². The number of nitrogen functional groups attached to an aromatic ring is 1. The minimum Gasteiger partial charge on any atom is -0.382 e. The highest BCUT2D eigenvalue weighted by Gasteiger charge is 2.23. The summed E-state index contributed by atoms with van der Waals surface area (Å²) in [7, 11) is 0. The van der Waals surface area contributed by atoms with Crippen molar-refractivity contribution in [1.29, 1.82) is 0 Å². The lowest BCUT2D eigenvalue weighted by atomic mass is 9.97. The normalized spacial score (nSPS) is 10.9. The Morgan fingerprint density at radius 2 is 2.16 bits per heavy atom. The maximum absolute atomic E-state index is 13.1. The van der Waals surface area contributed by atoms with Gasteiger partial charge in [0.2, 0.25) is 0 Å². The van der Waals surface area contributed by atoms with E-state index >= 15 is 0 Å². The van der Waals surface area contributed by atoms with Crippen LogP contribution in [0.4, 0.5) is 15.9 Å². The molecule has 1 aromatic carbocycles. The number of hydrogen-bond acceptors (Lipinski definition) is 4. The number of nitrogens with one attached hydrogen (secondary N) is 1. The average Bonchev–Trinajstić information content (AvgIpc) is 2.70. The molecule has 19 heavy (non-hydrogen) atoms. The van der Waals surface area contributed by atoms with E-state index in [1.165, 1.54) is 12.1 Å². The predicted molar refractivity (Wildman–Crippen MR) is 69.1 cm³/mol. The van der Waals surface area contributed by atoms with Crippen LogP contribution in [0.25, 0.3) is 11.3 Å². The summed E-state index contributed by atoms with van der Waals surface area (Å²) in [6.07, 6.45) is 0. The van der Waals surface area contributed by atoms with Crippen LogP contribution in [0.15, 0.2) is 18.2 Å². The van der Waals surface area contributed by atoms with Crippen molar-refractivity contribution in [3.05, 3.63) is 39.7 Å². The number of aromatic nitrogens is 2. The maximum atomic E-state index is 13.1. The van der Waals surface area contributed by atoms with Gasteiger partial charge in [-0.3, -0.25) is 15.2 Å². The zero-order valence-electron chi connectivity index (χ0n) is 10.5. The van der Waals surface area contributed by atoms with Crippen molar-refractivity contribution in [2.75, 3.05) is 5.73 Å². The molecule has 100 valence electrons. The van der Waals surface area contributed by atoms with E-state index in [0.29, 0.717) is 17.1 Å². The molecule has 1 heterocycles. The fourth-order valence-corrected chi connectivity index (χ4v) is 2.02. The van der Waals surface area contributed by atoms with E-state index < -0.39 is 10.7 Å². The zero-order chi connectivity index (χ0) is 14.2. The molecule has 0 atom stereocenters. The molecule has 1 aromatic heterocycles. The lowest BCUT2D eigenvalue weighted by Crippen LogP contribution is -1.98. The first-order valence-electron chi connectivity index (χ1n) is 5.70. The molecule has 0 saturated carbocycles. The van der Waals surface area contributed by atoms with Gasteiger partial charge in [0.25, 0.3) is 5.69 Å². The van der Waals surface area contributed by atoms with Crippen molar-refractivity contribution in [3.63, 3.8) is 0 Å². The van der Waals surface area contributed by atoms with Crippen LogP contribution in [0, 0.1) is 15.9 Å². The molecule has 0 radical (unpaired) electrons. The lowest BCUT2D eigenvalue weighted by molar-refractivity contribution is -0.384. The number of aromatic amines is 1. The number of nitrogens with two attached hydrogens (primary N) is 1. The van der Waals surface area contributed by atoms with E-state index in [1.54, 1.807) is 0 Å². The van der Waals surface area contributed by atoms with Gasteiger partial charge in [-0.05, 0) is 18.1 Å². The number of nitro benzene ring substituents is 1. The van der Waals surface area contributed by atoms with E-state index in [-0.39, 0.29) is 17.2 Å². The van der Waals surface area contributed by atoms with Gasteiger partial charge in [0.05, 0.1) is 22.2 Å². The quantitative estimate of drug-likeness (QED) is 0.657. The predicted octanol–water partition coefficient (Wildman–Crippen LogP) is 2.83. The van der Waals surface area contributed by atoms with Crippen LogP contribution in [0.3, 0.4) is 0 Å². The first-order valence-corrected chi connectivity index (χ1v) is 5.70. The topological polar surface area (TPSA) is 97.8 Å². The fourth-order valence-electron chi connectivity index (χ4n) is 2.02. The van der Waals surface area contributed by atoms with Crippen LogP contribution in [0.1, 0.15) is 25.3 Å². The van der Waals surface area contributed by atoms with Gasteiger partial charge in [-0.15, -0.1) is 0 Å². The number of benzene rings is 1. The van der Waals surface area contributed by atoms with Crippen molar-refractivity contribution in [2.45, 2.75) is 19.8 Å². The van der Waals surface area contributed by atoms with E-state index in [2.05, 4.69) is 10.2 Å². The standard InChI is InChI=1S/C12H13FN4O2/c1-6(2)10-11(15-16-12(10)14)8-4-3-7(13)5-9(8)17(18)19/h3-6H,1-2H3,(H3,14,15,16). The molecule has 6 nitrogen and oxygen atoms in total. The Balaban J connectivity index is 2.69. The molecule has 0 fully saturated rings. The molecule has 7 heteroatoms. The third-order valence-corrected chi connectivity index (χ3v) is 2.84. The minimum absolute atomic E-state index is 0.0402. The van der Waals surface area contributed by atoms with Gasteiger partial charge in [0.15, 0.2) is 0 Å². The minimum atomic E-state index is -0.658. The zero-order valence-corrected chi connectivity index (χ0v) is 10.5.